The second-order valence-electron chi connectivity index (χ2n) is 5.98. The topological polar surface area (TPSA) is 92.9 Å². The SMILES string of the molecule is Cc1c(C(=O)Nc2cnc(-c3cccc(O)c3)nc2)cnn1C(C)C. The van der Waals surface area contributed by atoms with Crippen LogP contribution in [-0.2, 0) is 0 Å². The maximum absolute atomic E-state index is 12.4. The number of rotatable bonds is 4. The van der Waals surface area contributed by atoms with Gasteiger partial charge in [0.25, 0.3) is 5.91 Å². The number of carbonyl (C=O) groups is 1. The van der Waals surface area contributed by atoms with Crippen LogP contribution in [0.5, 0.6) is 5.75 Å². The van der Waals surface area contributed by atoms with Crippen molar-refractivity contribution in [2.75, 3.05) is 5.32 Å². The number of nitrogens with one attached hydrogen (secondary N) is 1. The molecule has 0 fully saturated rings. The Balaban J connectivity index is 1.76. The third kappa shape index (κ3) is 3.50. The minimum Gasteiger partial charge on any atom is -0.508 e. The van der Waals surface area contributed by atoms with Crippen LogP contribution in [0.2, 0.25) is 0 Å². The van der Waals surface area contributed by atoms with Crippen LogP contribution in [0.1, 0.15) is 35.9 Å². The highest BCUT2D eigenvalue weighted by Gasteiger charge is 2.16. The second kappa shape index (κ2) is 6.72. The quantitative estimate of drug-likeness (QED) is 0.762. The van der Waals surface area contributed by atoms with E-state index in [-0.39, 0.29) is 17.7 Å². The fraction of sp³-hybridized carbons (Fsp3) is 0.222. The summed E-state index contributed by atoms with van der Waals surface area (Å²) in [5.74, 6) is 0.368. The van der Waals surface area contributed by atoms with E-state index in [0.717, 1.165) is 5.69 Å². The van der Waals surface area contributed by atoms with E-state index in [1.165, 1.54) is 12.4 Å². The van der Waals surface area contributed by atoms with Crippen molar-refractivity contribution >= 4 is 11.6 Å². The molecule has 3 aromatic rings. The highest BCUT2D eigenvalue weighted by Crippen LogP contribution is 2.20. The summed E-state index contributed by atoms with van der Waals surface area (Å²) in [7, 11) is 0. The molecule has 0 aliphatic heterocycles. The van der Waals surface area contributed by atoms with Gasteiger partial charge in [-0.1, -0.05) is 12.1 Å². The highest BCUT2D eigenvalue weighted by atomic mass is 16.3. The maximum atomic E-state index is 12.4. The molecule has 0 spiro atoms. The third-order valence-corrected chi connectivity index (χ3v) is 3.79. The molecule has 0 atom stereocenters. The number of aromatic nitrogens is 4. The Morgan fingerprint density at radius 2 is 1.92 bits per heavy atom. The zero-order valence-electron chi connectivity index (χ0n) is 14.3. The Morgan fingerprint density at radius 3 is 2.52 bits per heavy atom. The van der Waals surface area contributed by atoms with Crippen LogP contribution < -0.4 is 5.32 Å². The van der Waals surface area contributed by atoms with E-state index in [4.69, 9.17) is 0 Å². The molecule has 1 aromatic carbocycles. The number of phenols is 1. The van der Waals surface area contributed by atoms with E-state index in [0.29, 0.717) is 22.6 Å². The minimum absolute atomic E-state index is 0.149. The summed E-state index contributed by atoms with van der Waals surface area (Å²) in [5, 5.41) is 16.5. The standard InChI is InChI=1S/C18H19N5O2/c1-11(2)23-12(3)16(10-21-23)18(25)22-14-8-19-17(20-9-14)13-5-4-6-15(24)7-13/h4-11,24H,1-3H3,(H,22,25). The summed E-state index contributed by atoms with van der Waals surface area (Å²) in [5.41, 5.74) is 2.52. The molecule has 0 aliphatic carbocycles. The first-order valence-corrected chi connectivity index (χ1v) is 7.92. The number of benzene rings is 1. The van der Waals surface area contributed by atoms with Gasteiger partial charge in [0.05, 0.1) is 29.8 Å². The average molecular weight is 337 g/mol. The zero-order valence-corrected chi connectivity index (χ0v) is 14.3. The lowest BCUT2D eigenvalue weighted by atomic mass is 10.2. The molecule has 7 nitrogen and oxygen atoms in total. The number of anilines is 1. The molecule has 0 bridgehead atoms. The molecule has 0 radical (unpaired) electrons. The normalized spacial score (nSPS) is 10.9. The molecule has 2 N–H and O–H groups in total. The minimum atomic E-state index is -0.252. The van der Waals surface area contributed by atoms with Gasteiger partial charge in [0.15, 0.2) is 5.82 Å². The highest BCUT2D eigenvalue weighted by molar-refractivity contribution is 6.04. The number of phenolic OH excluding ortho intramolecular Hbond substituents is 1. The van der Waals surface area contributed by atoms with E-state index in [2.05, 4.69) is 20.4 Å². The largest absolute Gasteiger partial charge is 0.508 e. The van der Waals surface area contributed by atoms with E-state index in [9.17, 15) is 9.90 Å². The molecule has 128 valence electrons. The third-order valence-electron chi connectivity index (χ3n) is 3.79. The Labute approximate surface area is 145 Å². The van der Waals surface area contributed by atoms with Crippen molar-refractivity contribution < 1.29 is 9.90 Å². The van der Waals surface area contributed by atoms with Crippen molar-refractivity contribution in [3.63, 3.8) is 0 Å². The smallest absolute Gasteiger partial charge is 0.259 e. The summed E-state index contributed by atoms with van der Waals surface area (Å²) in [6, 6.07) is 6.87. The van der Waals surface area contributed by atoms with Crippen LogP contribution in [0.3, 0.4) is 0 Å². The van der Waals surface area contributed by atoms with Crippen molar-refractivity contribution in [3.8, 4) is 17.1 Å². The second-order valence-corrected chi connectivity index (χ2v) is 5.98. The van der Waals surface area contributed by atoms with Crippen LogP contribution in [0.4, 0.5) is 5.69 Å². The summed E-state index contributed by atoms with van der Waals surface area (Å²) in [4.78, 5) is 20.9. The van der Waals surface area contributed by atoms with E-state index in [1.807, 2.05) is 20.8 Å². The van der Waals surface area contributed by atoms with Gasteiger partial charge in [0.2, 0.25) is 0 Å². The molecule has 7 heteroatoms. The molecular formula is C18H19N5O2. The van der Waals surface area contributed by atoms with E-state index in [1.54, 1.807) is 35.1 Å². The first-order valence-electron chi connectivity index (χ1n) is 7.92. The maximum Gasteiger partial charge on any atom is 0.259 e. The zero-order chi connectivity index (χ0) is 18.0. The van der Waals surface area contributed by atoms with Crippen LogP contribution in [0, 0.1) is 6.92 Å². The molecule has 3 rings (SSSR count). The molecule has 0 unspecified atom stereocenters. The van der Waals surface area contributed by atoms with E-state index < -0.39 is 0 Å². The number of amides is 1. The average Bonchev–Trinajstić information content (AvgIpc) is 2.97. The molecule has 0 saturated heterocycles. The van der Waals surface area contributed by atoms with Crippen molar-refractivity contribution in [3.05, 3.63) is 54.1 Å². The lowest BCUT2D eigenvalue weighted by Crippen LogP contribution is -2.14. The molecule has 0 saturated carbocycles. The summed E-state index contributed by atoms with van der Waals surface area (Å²) in [6.45, 7) is 5.88. The van der Waals surface area contributed by atoms with Gasteiger partial charge >= 0.3 is 0 Å². The summed E-state index contributed by atoms with van der Waals surface area (Å²) in [6.07, 6.45) is 4.63. The van der Waals surface area contributed by atoms with Crippen LogP contribution in [-0.4, -0.2) is 30.8 Å². The fourth-order valence-corrected chi connectivity index (χ4v) is 2.55. The summed E-state index contributed by atoms with van der Waals surface area (Å²) < 4.78 is 1.80. The van der Waals surface area contributed by atoms with Crippen molar-refractivity contribution in [1.82, 2.24) is 19.7 Å². The number of aromatic hydroxyl groups is 1. The van der Waals surface area contributed by atoms with Crippen molar-refractivity contribution in [1.29, 1.82) is 0 Å². The van der Waals surface area contributed by atoms with Gasteiger partial charge in [-0.25, -0.2) is 9.97 Å². The van der Waals surface area contributed by atoms with Gasteiger partial charge < -0.3 is 10.4 Å². The Hall–Kier alpha value is -3.22. The predicted molar refractivity (Wildman–Crippen MR) is 94.4 cm³/mol. The lowest BCUT2D eigenvalue weighted by molar-refractivity contribution is 0.102. The Bertz CT molecular complexity index is 900. The number of hydrogen-bond donors (Lipinski definition) is 2. The summed E-state index contributed by atoms with van der Waals surface area (Å²) >= 11 is 0. The van der Waals surface area contributed by atoms with Crippen LogP contribution in [0.15, 0.2) is 42.9 Å². The number of carbonyl (C=O) groups excluding carboxylic acids is 1. The molecule has 2 aromatic heterocycles. The van der Waals surface area contributed by atoms with Crippen LogP contribution >= 0.6 is 0 Å². The first-order chi connectivity index (χ1) is 12.0. The van der Waals surface area contributed by atoms with Crippen molar-refractivity contribution in [2.45, 2.75) is 26.8 Å². The van der Waals surface area contributed by atoms with Gasteiger partial charge in [0, 0.05) is 17.3 Å². The first kappa shape index (κ1) is 16.6. The van der Waals surface area contributed by atoms with E-state index >= 15 is 0 Å². The predicted octanol–water partition coefficient (Wildman–Crippen LogP) is 3.19. The monoisotopic (exact) mass is 337 g/mol. The lowest BCUT2D eigenvalue weighted by Gasteiger charge is -2.09. The Kier molecular flexibility index (Phi) is 4.47. The van der Waals surface area contributed by atoms with Crippen molar-refractivity contribution in [2.24, 2.45) is 0 Å². The molecule has 0 aliphatic rings. The molecule has 25 heavy (non-hydrogen) atoms. The van der Waals surface area contributed by atoms with Gasteiger partial charge in [0.1, 0.15) is 5.75 Å². The Morgan fingerprint density at radius 1 is 1.20 bits per heavy atom. The van der Waals surface area contributed by atoms with Gasteiger partial charge in [-0.15, -0.1) is 0 Å². The number of hydrogen-bond acceptors (Lipinski definition) is 5. The molecule has 2 heterocycles. The van der Waals surface area contributed by atoms with Crippen LogP contribution in [0.25, 0.3) is 11.4 Å². The fourth-order valence-electron chi connectivity index (χ4n) is 2.55. The van der Waals surface area contributed by atoms with Gasteiger partial charge in [-0.3, -0.25) is 9.48 Å². The number of nitrogens with zero attached hydrogens (tertiary/aromatic N) is 4. The van der Waals surface area contributed by atoms with Gasteiger partial charge in [-0.05, 0) is 32.9 Å². The molecule has 1 amide bonds. The molecular weight excluding hydrogens is 318 g/mol. The van der Waals surface area contributed by atoms with Gasteiger partial charge in [-0.2, -0.15) is 5.10 Å².